The first kappa shape index (κ1) is 15.3. The van der Waals surface area contributed by atoms with Crippen LogP contribution in [-0.2, 0) is 13.0 Å². The van der Waals surface area contributed by atoms with Crippen LogP contribution in [0.4, 0.5) is 0 Å². The molecule has 4 heteroatoms. The van der Waals surface area contributed by atoms with Crippen LogP contribution in [0.15, 0.2) is 55.1 Å². The highest BCUT2D eigenvalue weighted by atomic mass is 35.5. The Hall–Kier alpha value is -2.13. The topological polar surface area (TPSA) is 34.9 Å². The van der Waals surface area contributed by atoms with Crippen molar-refractivity contribution in [1.82, 2.24) is 9.55 Å². The fourth-order valence-electron chi connectivity index (χ4n) is 2.33. The number of carbonyl (C=O) groups is 1. The van der Waals surface area contributed by atoms with Crippen LogP contribution in [0.3, 0.4) is 0 Å². The van der Waals surface area contributed by atoms with Gasteiger partial charge in [0.05, 0.1) is 12.9 Å². The van der Waals surface area contributed by atoms with Gasteiger partial charge < -0.3 is 4.57 Å². The van der Waals surface area contributed by atoms with Crippen molar-refractivity contribution in [1.29, 1.82) is 0 Å². The third-order valence-electron chi connectivity index (χ3n) is 3.52. The Morgan fingerprint density at radius 1 is 1.14 bits per heavy atom. The largest absolute Gasteiger partial charge is 0.330 e. The summed E-state index contributed by atoms with van der Waals surface area (Å²) >= 11 is 0. The van der Waals surface area contributed by atoms with E-state index in [9.17, 15) is 4.79 Å². The molecule has 3 rings (SSSR count). The van der Waals surface area contributed by atoms with E-state index in [4.69, 9.17) is 0 Å². The Morgan fingerprint density at radius 2 is 1.90 bits per heavy atom. The van der Waals surface area contributed by atoms with Crippen LogP contribution < -0.4 is 0 Å². The molecule has 0 N–H and O–H groups in total. The van der Waals surface area contributed by atoms with Gasteiger partial charge in [-0.3, -0.25) is 4.79 Å². The Balaban J connectivity index is 0.00000161. The molecule has 0 unspecified atom stereocenters. The number of ketones is 1. The number of nitrogens with zero attached hydrogens (tertiary/aromatic N) is 2. The van der Waals surface area contributed by atoms with Gasteiger partial charge in [-0.05, 0) is 28.8 Å². The first-order valence-electron chi connectivity index (χ1n) is 6.78. The summed E-state index contributed by atoms with van der Waals surface area (Å²) in [6, 6.07) is 12.3. The lowest BCUT2D eigenvalue weighted by molar-refractivity contribution is 0.0972. The molecule has 3 nitrogen and oxygen atoms in total. The maximum Gasteiger partial charge on any atom is 0.182 e. The fourth-order valence-corrected chi connectivity index (χ4v) is 2.33. The second-order valence-electron chi connectivity index (χ2n) is 4.91. The number of hydrogen-bond acceptors (Lipinski definition) is 2. The fraction of sp³-hybridized carbons (Fsp3) is 0.176. The van der Waals surface area contributed by atoms with E-state index in [1.807, 2.05) is 18.2 Å². The summed E-state index contributed by atoms with van der Waals surface area (Å²) < 4.78 is 1.78. The predicted octanol–water partition coefficient (Wildman–Crippen LogP) is 3.90. The van der Waals surface area contributed by atoms with E-state index in [1.165, 1.54) is 10.9 Å². The molecule has 0 aliphatic heterocycles. The number of benzene rings is 2. The van der Waals surface area contributed by atoms with E-state index in [0.29, 0.717) is 6.54 Å². The minimum absolute atomic E-state index is 0. The van der Waals surface area contributed by atoms with Gasteiger partial charge in [0.15, 0.2) is 5.78 Å². The van der Waals surface area contributed by atoms with Crippen LogP contribution in [0.2, 0.25) is 0 Å². The number of aryl methyl sites for hydroxylation is 1. The molecule has 0 amide bonds. The van der Waals surface area contributed by atoms with Crippen molar-refractivity contribution < 1.29 is 4.79 Å². The van der Waals surface area contributed by atoms with Crippen molar-refractivity contribution in [2.24, 2.45) is 0 Å². The third-order valence-corrected chi connectivity index (χ3v) is 3.52. The number of rotatable bonds is 4. The molecular weight excluding hydrogens is 284 g/mol. The summed E-state index contributed by atoms with van der Waals surface area (Å²) in [5, 5.41) is 2.29. The molecule has 1 heterocycles. The second-order valence-corrected chi connectivity index (χ2v) is 4.91. The molecule has 0 atom stereocenters. The SMILES string of the molecule is CCc1ccc2cc(C(=O)Cn3ccnc3)ccc2c1.Cl. The van der Waals surface area contributed by atoms with E-state index >= 15 is 0 Å². The van der Waals surface area contributed by atoms with Gasteiger partial charge in [0.1, 0.15) is 0 Å². The predicted molar refractivity (Wildman–Crippen MR) is 87.1 cm³/mol. The van der Waals surface area contributed by atoms with Gasteiger partial charge in [-0.1, -0.05) is 37.3 Å². The molecular formula is C17H17ClN2O. The number of imidazole rings is 1. The second kappa shape index (κ2) is 6.55. The molecule has 0 aliphatic rings. The van der Waals surface area contributed by atoms with Crippen molar-refractivity contribution in [2.45, 2.75) is 19.9 Å². The zero-order valence-corrected chi connectivity index (χ0v) is 12.6. The third kappa shape index (κ3) is 3.31. The molecule has 0 spiro atoms. The number of halogens is 1. The van der Waals surface area contributed by atoms with Crippen molar-refractivity contribution >= 4 is 29.0 Å². The van der Waals surface area contributed by atoms with Crippen molar-refractivity contribution in [3.05, 3.63) is 66.2 Å². The number of Topliss-reactive ketones (excluding diaryl/α,β-unsaturated/α-hetero) is 1. The van der Waals surface area contributed by atoms with E-state index in [1.54, 1.807) is 23.3 Å². The van der Waals surface area contributed by atoms with Gasteiger partial charge in [-0.15, -0.1) is 12.4 Å². The molecule has 1 aromatic heterocycles. The smallest absolute Gasteiger partial charge is 0.182 e. The minimum Gasteiger partial charge on any atom is -0.330 e. The molecule has 2 aromatic carbocycles. The van der Waals surface area contributed by atoms with E-state index in [-0.39, 0.29) is 18.2 Å². The summed E-state index contributed by atoms with van der Waals surface area (Å²) in [4.78, 5) is 16.2. The molecule has 0 saturated carbocycles. The summed E-state index contributed by atoms with van der Waals surface area (Å²) in [5.41, 5.74) is 2.06. The molecule has 108 valence electrons. The standard InChI is InChI=1S/C17H16N2O.ClH/c1-2-13-3-4-15-10-16(6-5-14(15)9-13)17(20)11-19-8-7-18-12-19;/h3-10,12H,2,11H2,1H3;1H. The van der Waals surface area contributed by atoms with Gasteiger partial charge in [0.2, 0.25) is 0 Å². The Kier molecular flexibility index (Phi) is 4.76. The lowest BCUT2D eigenvalue weighted by Crippen LogP contribution is -2.08. The van der Waals surface area contributed by atoms with Gasteiger partial charge in [0.25, 0.3) is 0 Å². The molecule has 0 saturated heterocycles. The van der Waals surface area contributed by atoms with Gasteiger partial charge in [-0.25, -0.2) is 4.98 Å². The molecule has 0 radical (unpaired) electrons. The Labute approximate surface area is 130 Å². The van der Waals surface area contributed by atoms with Gasteiger partial charge in [-0.2, -0.15) is 0 Å². The van der Waals surface area contributed by atoms with Crippen LogP contribution >= 0.6 is 12.4 Å². The van der Waals surface area contributed by atoms with E-state index in [2.05, 4.69) is 30.1 Å². The van der Waals surface area contributed by atoms with Crippen molar-refractivity contribution in [3.8, 4) is 0 Å². The zero-order chi connectivity index (χ0) is 13.9. The van der Waals surface area contributed by atoms with Gasteiger partial charge in [0, 0.05) is 18.0 Å². The summed E-state index contributed by atoms with van der Waals surface area (Å²) in [6.45, 7) is 2.47. The van der Waals surface area contributed by atoms with E-state index in [0.717, 1.165) is 17.4 Å². The Morgan fingerprint density at radius 3 is 2.62 bits per heavy atom. The van der Waals surface area contributed by atoms with Crippen molar-refractivity contribution in [3.63, 3.8) is 0 Å². The monoisotopic (exact) mass is 300 g/mol. The van der Waals surface area contributed by atoms with E-state index < -0.39 is 0 Å². The molecule has 0 fully saturated rings. The molecule has 0 bridgehead atoms. The summed E-state index contributed by atoms with van der Waals surface area (Å²) in [5.74, 6) is 0.101. The summed E-state index contributed by atoms with van der Waals surface area (Å²) in [6.07, 6.45) is 6.16. The number of fused-ring (bicyclic) bond motifs is 1. The molecule has 3 aromatic rings. The number of carbonyl (C=O) groups excluding carboxylic acids is 1. The molecule has 0 aliphatic carbocycles. The average Bonchev–Trinajstić information content (AvgIpc) is 2.99. The lowest BCUT2D eigenvalue weighted by Gasteiger charge is -2.05. The highest BCUT2D eigenvalue weighted by Crippen LogP contribution is 2.19. The Bertz CT molecular complexity index is 751. The summed E-state index contributed by atoms with van der Waals surface area (Å²) in [7, 11) is 0. The van der Waals surface area contributed by atoms with Crippen LogP contribution in [0.5, 0.6) is 0 Å². The first-order valence-corrected chi connectivity index (χ1v) is 6.78. The normalized spacial score (nSPS) is 10.3. The number of hydrogen-bond donors (Lipinski definition) is 0. The first-order chi connectivity index (χ1) is 9.76. The van der Waals surface area contributed by atoms with Crippen LogP contribution in [-0.4, -0.2) is 15.3 Å². The van der Waals surface area contributed by atoms with Gasteiger partial charge >= 0.3 is 0 Å². The average molecular weight is 301 g/mol. The maximum absolute atomic E-state index is 12.2. The van der Waals surface area contributed by atoms with Crippen molar-refractivity contribution in [2.75, 3.05) is 0 Å². The number of aromatic nitrogens is 2. The maximum atomic E-state index is 12.2. The molecule has 21 heavy (non-hydrogen) atoms. The van der Waals surface area contributed by atoms with Crippen LogP contribution in [0, 0.1) is 0 Å². The zero-order valence-electron chi connectivity index (χ0n) is 11.8. The quantitative estimate of drug-likeness (QED) is 0.685. The minimum atomic E-state index is 0. The van der Waals surface area contributed by atoms with Crippen LogP contribution in [0.1, 0.15) is 22.8 Å². The highest BCUT2D eigenvalue weighted by molar-refractivity contribution is 5.99. The lowest BCUT2D eigenvalue weighted by atomic mass is 10.0. The van der Waals surface area contributed by atoms with Crippen LogP contribution in [0.25, 0.3) is 10.8 Å². The highest BCUT2D eigenvalue weighted by Gasteiger charge is 2.07.